The average Bonchev–Trinajstić information content (AvgIpc) is 2.94. The van der Waals surface area contributed by atoms with Gasteiger partial charge in [0.15, 0.2) is 0 Å². The summed E-state index contributed by atoms with van der Waals surface area (Å²) >= 11 is 0. The van der Waals surface area contributed by atoms with E-state index in [1.165, 1.54) is 4.90 Å². The number of amides is 2. The minimum atomic E-state index is -0.626. The summed E-state index contributed by atoms with van der Waals surface area (Å²) in [5.41, 5.74) is 4.97. The maximum absolute atomic E-state index is 12.6. The molecule has 2 atom stereocenters. The van der Waals surface area contributed by atoms with Crippen LogP contribution in [0.1, 0.15) is 20.3 Å². The van der Waals surface area contributed by atoms with E-state index in [4.69, 9.17) is 5.73 Å². The average molecular weight is 337 g/mol. The Morgan fingerprint density at radius 3 is 2.58 bits per heavy atom. The van der Waals surface area contributed by atoms with Crippen molar-refractivity contribution in [3.05, 3.63) is 32.8 Å². The predicted molar refractivity (Wildman–Crippen MR) is 87.3 cm³/mol. The molecule has 2 rings (SSSR count). The number of carbonyl (C=O) groups is 2. The van der Waals surface area contributed by atoms with Crippen LogP contribution in [0, 0.1) is 0 Å². The number of rotatable bonds is 5. The molecule has 1 aromatic heterocycles. The van der Waals surface area contributed by atoms with E-state index in [0.29, 0.717) is 19.5 Å². The summed E-state index contributed by atoms with van der Waals surface area (Å²) < 4.78 is 0.938. The molecule has 0 radical (unpaired) electrons. The number of carbonyl (C=O) groups excluding carboxylic acids is 2. The van der Waals surface area contributed by atoms with Gasteiger partial charge >= 0.3 is 0 Å². The first kappa shape index (κ1) is 17.9. The van der Waals surface area contributed by atoms with Gasteiger partial charge in [0.25, 0.3) is 11.1 Å². The molecule has 132 valence electrons. The number of likely N-dealkylation sites (tertiary alicyclic amines) is 1. The van der Waals surface area contributed by atoms with Crippen molar-refractivity contribution in [2.24, 2.45) is 5.73 Å². The Hall–Kier alpha value is -2.42. The molecule has 0 bridgehead atoms. The van der Waals surface area contributed by atoms with Crippen LogP contribution in [0.5, 0.6) is 0 Å². The van der Waals surface area contributed by atoms with Crippen molar-refractivity contribution in [1.82, 2.24) is 19.6 Å². The number of H-pyrrole nitrogens is 1. The van der Waals surface area contributed by atoms with Crippen molar-refractivity contribution < 1.29 is 9.59 Å². The minimum absolute atomic E-state index is 0.143. The third-order valence-electron chi connectivity index (χ3n) is 4.20. The molecule has 3 N–H and O–H groups in total. The first-order valence-electron chi connectivity index (χ1n) is 8.01. The maximum Gasteiger partial charge on any atom is 0.265 e. The Bertz CT molecular complexity index is 721. The van der Waals surface area contributed by atoms with E-state index in [0.717, 1.165) is 16.8 Å². The molecule has 9 heteroatoms. The smallest absolute Gasteiger partial charge is 0.265 e. The van der Waals surface area contributed by atoms with Crippen LogP contribution in [0.4, 0.5) is 0 Å². The van der Waals surface area contributed by atoms with Gasteiger partial charge in [-0.15, -0.1) is 0 Å². The van der Waals surface area contributed by atoms with Gasteiger partial charge in [-0.2, -0.15) is 0 Å². The van der Waals surface area contributed by atoms with Gasteiger partial charge in [-0.05, 0) is 20.3 Å². The molecule has 0 spiro atoms. The fourth-order valence-electron chi connectivity index (χ4n) is 2.93. The summed E-state index contributed by atoms with van der Waals surface area (Å²) in [6, 6.07) is 1.28. The van der Waals surface area contributed by atoms with E-state index in [2.05, 4.69) is 5.10 Å². The van der Waals surface area contributed by atoms with Crippen LogP contribution in [0.15, 0.2) is 21.7 Å². The quantitative estimate of drug-likeness (QED) is 0.665. The molecule has 1 fully saturated rings. The summed E-state index contributed by atoms with van der Waals surface area (Å²) in [7, 11) is 0. The Kier molecular flexibility index (Phi) is 5.55. The van der Waals surface area contributed by atoms with Crippen molar-refractivity contribution in [2.45, 2.75) is 38.9 Å². The zero-order chi connectivity index (χ0) is 17.9. The third-order valence-corrected chi connectivity index (χ3v) is 4.20. The molecule has 0 unspecified atom stereocenters. The number of nitrogens with two attached hydrogens (primary N) is 1. The molecule has 1 saturated heterocycles. The predicted octanol–water partition coefficient (Wildman–Crippen LogP) is -1.67. The Balaban J connectivity index is 2.20. The number of hydrogen-bond acceptors (Lipinski definition) is 5. The van der Waals surface area contributed by atoms with Crippen molar-refractivity contribution in [3.63, 3.8) is 0 Å². The normalized spacial score (nSPS) is 20.2. The molecule has 0 saturated carbocycles. The van der Waals surface area contributed by atoms with Crippen LogP contribution >= 0.6 is 0 Å². The number of nitrogens with zero attached hydrogens (tertiary/aromatic N) is 3. The van der Waals surface area contributed by atoms with Gasteiger partial charge in [0.2, 0.25) is 11.8 Å². The van der Waals surface area contributed by atoms with E-state index in [-0.39, 0.29) is 25.0 Å². The molecule has 9 nitrogen and oxygen atoms in total. The zero-order valence-electron chi connectivity index (χ0n) is 13.9. The molecule has 1 aliphatic heterocycles. The van der Waals surface area contributed by atoms with Crippen molar-refractivity contribution in [1.29, 1.82) is 0 Å². The Labute approximate surface area is 139 Å². The van der Waals surface area contributed by atoms with Gasteiger partial charge in [-0.3, -0.25) is 24.3 Å². The highest BCUT2D eigenvalue weighted by atomic mass is 16.2. The Morgan fingerprint density at radius 2 is 1.96 bits per heavy atom. The van der Waals surface area contributed by atoms with Gasteiger partial charge in [0.05, 0.1) is 0 Å². The van der Waals surface area contributed by atoms with Crippen LogP contribution in [-0.4, -0.2) is 63.1 Å². The van der Waals surface area contributed by atoms with Crippen LogP contribution in [0.2, 0.25) is 0 Å². The summed E-state index contributed by atoms with van der Waals surface area (Å²) in [5.74, 6) is -0.562. The summed E-state index contributed by atoms with van der Waals surface area (Å²) in [4.78, 5) is 51.2. The molecular formula is C15H23N5O4. The summed E-state index contributed by atoms with van der Waals surface area (Å²) in [6.45, 7) is 4.77. The maximum atomic E-state index is 12.6. The number of hydrogen-bond donors (Lipinski definition) is 2. The van der Waals surface area contributed by atoms with E-state index >= 15 is 0 Å². The lowest BCUT2D eigenvalue weighted by Gasteiger charge is -2.29. The van der Waals surface area contributed by atoms with Gasteiger partial charge in [0.1, 0.15) is 12.6 Å². The van der Waals surface area contributed by atoms with Gasteiger partial charge < -0.3 is 15.5 Å². The van der Waals surface area contributed by atoms with Crippen molar-refractivity contribution >= 4 is 11.8 Å². The third kappa shape index (κ3) is 3.73. The molecular weight excluding hydrogens is 314 g/mol. The van der Waals surface area contributed by atoms with Crippen molar-refractivity contribution in [3.8, 4) is 0 Å². The molecule has 1 aromatic rings. The second kappa shape index (κ2) is 7.43. The van der Waals surface area contributed by atoms with E-state index in [1.54, 1.807) is 4.90 Å². The lowest BCUT2D eigenvalue weighted by molar-refractivity contribution is -0.144. The van der Waals surface area contributed by atoms with Crippen molar-refractivity contribution in [2.75, 3.05) is 19.6 Å². The van der Waals surface area contributed by atoms with Crippen LogP contribution in [0.3, 0.4) is 0 Å². The second-order valence-electron chi connectivity index (χ2n) is 5.80. The topological polar surface area (TPSA) is 121 Å². The monoisotopic (exact) mass is 337 g/mol. The largest absolute Gasteiger partial charge is 0.341 e. The zero-order valence-corrected chi connectivity index (χ0v) is 13.9. The molecule has 0 aliphatic carbocycles. The highest BCUT2D eigenvalue weighted by Gasteiger charge is 2.39. The highest BCUT2D eigenvalue weighted by Crippen LogP contribution is 2.19. The number of nitrogens with one attached hydrogen (secondary N) is 1. The first-order chi connectivity index (χ1) is 11.4. The number of likely N-dealkylation sites (N-methyl/N-ethyl adjacent to an activating group) is 1. The number of aromatic amines is 1. The SMILES string of the molecule is CCN(CC)C(=O)[C@@H]1C[C@@H](N)CN1C(=O)Cn1[nH]c(=O)ccc1=O. The summed E-state index contributed by atoms with van der Waals surface area (Å²) in [6.07, 6.45) is 0.390. The molecule has 0 aromatic carbocycles. The molecule has 2 amide bonds. The second-order valence-corrected chi connectivity index (χ2v) is 5.80. The minimum Gasteiger partial charge on any atom is -0.341 e. The standard InChI is InChI=1S/C15H23N5O4/c1-3-18(4-2)15(24)11-7-10(16)8-19(11)14(23)9-20-13(22)6-5-12(21)17-20/h5-6,10-11H,3-4,7-9,16H2,1-2H3,(H,17,21)/t10-,11+/m1/s1. The van der Waals surface area contributed by atoms with E-state index in [1.807, 2.05) is 13.8 Å². The Morgan fingerprint density at radius 1 is 1.29 bits per heavy atom. The van der Waals surface area contributed by atoms with E-state index in [9.17, 15) is 19.2 Å². The fourth-order valence-corrected chi connectivity index (χ4v) is 2.93. The van der Waals surface area contributed by atoms with Crippen LogP contribution < -0.4 is 16.9 Å². The lowest BCUT2D eigenvalue weighted by atomic mass is 10.1. The van der Waals surface area contributed by atoms with E-state index < -0.39 is 23.1 Å². The first-order valence-corrected chi connectivity index (χ1v) is 8.01. The molecule has 1 aliphatic rings. The van der Waals surface area contributed by atoms with Gasteiger partial charge in [-0.25, -0.2) is 4.68 Å². The van der Waals surface area contributed by atoms with Gasteiger partial charge in [-0.1, -0.05) is 0 Å². The number of aromatic nitrogens is 2. The fraction of sp³-hybridized carbons (Fsp3) is 0.600. The lowest BCUT2D eigenvalue weighted by Crippen LogP contribution is -2.49. The highest BCUT2D eigenvalue weighted by molar-refractivity contribution is 5.88. The molecule has 2 heterocycles. The summed E-state index contributed by atoms with van der Waals surface area (Å²) in [5, 5.41) is 2.30. The van der Waals surface area contributed by atoms with Crippen LogP contribution in [0.25, 0.3) is 0 Å². The molecule has 24 heavy (non-hydrogen) atoms. The van der Waals surface area contributed by atoms with Gasteiger partial charge in [0, 0.05) is 37.8 Å². The van der Waals surface area contributed by atoms with Crippen LogP contribution in [-0.2, 0) is 16.1 Å².